The molecule has 5 heteroatoms. The highest BCUT2D eigenvalue weighted by molar-refractivity contribution is 9.10. The molecule has 0 radical (unpaired) electrons. The molecule has 0 amide bonds. The number of hydrogen-bond acceptors (Lipinski definition) is 4. The van der Waals surface area contributed by atoms with Crippen LogP contribution in [-0.4, -0.2) is 44.3 Å². The molecule has 0 saturated heterocycles. The molecule has 0 heterocycles. The number of hydrogen-bond donors (Lipinski definition) is 1. The molecule has 1 rings (SSSR count). The summed E-state index contributed by atoms with van der Waals surface area (Å²) >= 11 is 3.59. The van der Waals surface area contributed by atoms with Crippen LogP contribution in [0.3, 0.4) is 0 Å². The summed E-state index contributed by atoms with van der Waals surface area (Å²) in [6, 6.07) is 4.17. The molecule has 0 aliphatic heterocycles. The molecular weight excluding hydrogens is 356 g/mol. The predicted molar refractivity (Wildman–Crippen MR) is 101 cm³/mol. The largest absolute Gasteiger partial charge is 0.490 e. The van der Waals surface area contributed by atoms with Crippen molar-refractivity contribution in [1.29, 1.82) is 0 Å². The van der Waals surface area contributed by atoms with Crippen LogP contribution in [0.25, 0.3) is 0 Å². The zero-order valence-corrected chi connectivity index (χ0v) is 16.5. The van der Waals surface area contributed by atoms with Gasteiger partial charge in [-0.05, 0) is 80.1 Å². The molecule has 0 spiro atoms. The molecule has 0 unspecified atom stereocenters. The van der Waals surface area contributed by atoms with Gasteiger partial charge in [0, 0.05) is 6.54 Å². The Kier molecular flexibility index (Phi) is 10.3. The van der Waals surface area contributed by atoms with Crippen molar-refractivity contribution in [2.45, 2.75) is 40.7 Å². The van der Waals surface area contributed by atoms with Crippen molar-refractivity contribution in [3.8, 4) is 11.5 Å². The Morgan fingerprint density at radius 2 is 1.74 bits per heavy atom. The molecule has 0 saturated carbocycles. The quantitative estimate of drug-likeness (QED) is 0.549. The first-order valence-corrected chi connectivity index (χ1v) is 9.46. The Morgan fingerprint density at radius 1 is 1.04 bits per heavy atom. The average molecular weight is 387 g/mol. The second-order valence-electron chi connectivity index (χ2n) is 5.33. The van der Waals surface area contributed by atoms with Crippen LogP contribution in [0.4, 0.5) is 0 Å². The van der Waals surface area contributed by atoms with E-state index in [1.165, 1.54) is 5.56 Å². The molecule has 0 fully saturated rings. The van der Waals surface area contributed by atoms with E-state index in [9.17, 15) is 0 Å². The SMILES string of the molecule is CCOc1cc(CNCCCN(CC)CC)cc(Br)c1OCC. The van der Waals surface area contributed by atoms with Gasteiger partial charge in [-0.25, -0.2) is 0 Å². The first-order chi connectivity index (χ1) is 11.2. The highest BCUT2D eigenvalue weighted by atomic mass is 79.9. The van der Waals surface area contributed by atoms with Gasteiger partial charge in [-0.15, -0.1) is 0 Å². The van der Waals surface area contributed by atoms with E-state index < -0.39 is 0 Å². The van der Waals surface area contributed by atoms with Crippen molar-refractivity contribution in [2.24, 2.45) is 0 Å². The Morgan fingerprint density at radius 3 is 2.35 bits per heavy atom. The first kappa shape index (κ1) is 20.3. The van der Waals surface area contributed by atoms with Crippen LogP contribution >= 0.6 is 15.9 Å². The van der Waals surface area contributed by atoms with Gasteiger partial charge < -0.3 is 19.7 Å². The van der Waals surface area contributed by atoms with Gasteiger partial charge in [-0.3, -0.25) is 0 Å². The monoisotopic (exact) mass is 386 g/mol. The Bertz CT molecular complexity index is 451. The summed E-state index contributed by atoms with van der Waals surface area (Å²) in [6.07, 6.45) is 1.16. The fourth-order valence-corrected chi connectivity index (χ4v) is 3.07. The van der Waals surface area contributed by atoms with Crippen molar-refractivity contribution in [2.75, 3.05) is 39.4 Å². The standard InChI is InChI=1S/C18H31BrN2O2/c1-5-21(6-2)11-9-10-20-14-15-12-16(19)18(23-8-4)17(13-15)22-7-3/h12-13,20H,5-11,14H2,1-4H3. The van der Waals surface area contributed by atoms with Crippen LogP contribution in [0, 0.1) is 0 Å². The fraction of sp³-hybridized carbons (Fsp3) is 0.667. The van der Waals surface area contributed by atoms with Gasteiger partial charge in [0.1, 0.15) is 0 Å². The summed E-state index contributed by atoms with van der Waals surface area (Å²) in [5.74, 6) is 1.60. The lowest BCUT2D eigenvalue weighted by atomic mass is 10.2. The van der Waals surface area contributed by atoms with E-state index in [1.54, 1.807) is 0 Å². The lowest BCUT2D eigenvalue weighted by molar-refractivity contribution is 0.285. The number of nitrogens with zero attached hydrogens (tertiary/aromatic N) is 1. The van der Waals surface area contributed by atoms with Crippen molar-refractivity contribution < 1.29 is 9.47 Å². The summed E-state index contributed by atoms with van der Waals surface area (Å²) in [6.45, 7) is 14.9. The van der Waals surface area contributed by atoms with E-state index in [0.29, 0.717) is 13.2 Å². The van der Waals surface area contributed by atoms with E-state index in [0.717, 1.165) is 55.1 Å². The molecule has 0 aliphatic carbocycles. The molecule has 0 bridgehead atoms. The highest BCUT2D eigenvalue weighted by Gasteiger charge is 2.11. The van der Waals surface area contributed by atoms with Crippen LogP contribution in [0.2, 0.25) is 0 Å². The summed E-state index contributed by atoms with van der Waals surface area (Å²) in [4.78, 5) is 2.45. The third-order valence-corrected chi connectivity index (χ3v) is 4.30. The van der Waals surface area contributed by atoms with Gasteiger partial charge in [0.05, 0.1) is 17.7 Å². The van der Waals surface area contributed by atoms with Crippen molar-refractivity contribution in [3.63, 3.8) is 0 Å². The van der Waals surface area contributed by atoms with Gasteiger partial charge in [0.25, 0.3) is 0 Å². The number of halogens is 1. The van der Waals surface area contributed by atoms with Crippen LogP contribution in [0.5, 0.6) is 11.5 Å². The molecule has 0 aliphatic rings. The molecule has 23 heavy (non-hydrogen) atoms. The van der Waals surface area contributed by atoms with E-state index in [1.807, 2.05) is 13.8 Å². The van der Waals surface area contributed by atoms with Crippen molar-refractivity contribution in [1.82, 2.24) is 10.2 Å². The Labute approximate surface area is 149 Å². The van der Waals surface area contributed by atoms with E-state index in [-0.39, 0.29) is 0 Å². The number of rotatable bonds is 12. The first-order valence-electron chi connectivity index (χ1n) is 8.67. The number of nitrogens with one attached hydrogen (secondary N) is 1. The van der Waals surface area contributed by atoms with Crippen LogP contribution in [-0.2, 0) is 6.54 Å². The Balaban J connectivity index is 2.53. The minimum absolute atomic E-state index is 0.627. The van der Waals surface area contributed by atoms with E-state index >= 15 is 0 Å². The zero-order valence-electron chi connectivity index (χ0n) is 15.0. The number of benzene rings is 1. The minimum Gasteiger partial charge on any atom is -0.490 e. The molecule has 1 aromatic rings. The second-order valence-corrected chi connectivity index (χ2v) is 6.18. The zero-order chi connectivity index (χ0) is 17.1. The topological polar surface area (TPSA) is 33.7 Å². The predicted octanol–water partition coefficient (Wildman–Crippen LogP) is 4.07. The third-order valence-electron chi connectivity index (χ3n) is 3.71. The van der Waals surface area contributed by atoms with Crippen molar-refractivity contribution in [3.05, 3.63) is 22.2 Å². The smallest absolute Gasteiger partial charge is 0.175 e. The van der Waals surface area contributed by atoms with Crippen molar-refractivity contribution >= 4 is 15.9 Å². The van der Waals surface area contributed by atoms with Gasteiger partial charge in [0.15, 0.2) is 11.5 Å². The molecule has 0 aromatic heterocycles. The molecule has 132 valence electrons. The van der Waals surface area contributed by atoms with Gasteiger partial charge in [0.2, 0.25) is 0 Å². The summed E-state index contributed by atoms with van der Waals surface area (Å²) < 4.78 is 12.3. The van der Waals surface area contributed by atoms with E-state index in [4.69, 9.17) is 9.47 Å². The molecular formula is C18H31BrN2O2. The fourth-order valence-electron chi connectivity index (χ4n) is 2.47. The van der Waals surface area contributed by atoms with Gasteiger partial charge in [-0.1, -0.05) is 13.8 Å². The summed E-state index contributed by atoms with van der Waals surface area (Å²) in [5.41, 5.74) is 1.20. The second kappa shape index (κ2) is 11.7. The van der Waals surface area contributed by atoms with Crippen LogP contribution < -0.4 is 14.8 Å². The van der Waals surface area contributed by atoms with Gasteiger partial charge >= 0.3 is 0 Å². The van der Waals surface area contributed by atoms with E-state index in [2.05, 4.69) is 52.1 Å². The lowest BCUT2D eigenvalue weighted by Crippen LogP contribution is -2.27. The summed E-state index contributed by atoms with van der Waals surface area (Å²) in [5, 5.41) is 3.51. The maximum absolute atomic E-state index is 5.71. The maximum Gasteiger partial charge on any atom is 0.175 e. The summed E-state index contributed by atoms with van der Waals surface area (Å²) in [7, 11) is 0. The van der Waals surface area contributed by atoms with Gasteiger partial charge in [-0.2, -0.15) is 0 Å². The minimum atomic E-state index is 0.627. The Hall–Kier alpha value is -0.780. The lowest BCUT2D eigenvalue weighted by Gasteiger charge is -2.18. The number of ether oxygens (including phenoxy) is 2. The molecule has 4 nitrogen and oxygen atoms in total. The molecule has 1 aromatic carbocycles. The highest BCUT2D eigenvalue weighted by Crippen LogP contribution is 2.36. The third kappa shape index (κ3) is 7.10. The maximum atomic E-state index is 5.71. The molecule has 0 atom stereocenters. The molecule has 1 N–H and O–H groups in total. The average Bonchev–Trinajstić information content (AvgIpc) is 2.54. The van der Waals surface area contributed by atoms with Crippen LogP contribution in [0.1, 0.15) is 39.7 Å². The van der Waals surface area contributed by atoms with Crippen LogP contribution in [0.15, 0.2) is 16.6 Å². The normalized spacial score (nSPS) is 11.0.